The topological polar surface area (TPSA) is 61.6 Å². The summed E-state index contributed by atoms with van der Waals surface area (Å²) in [7, 11) is 0. The highest BCUT2D eigenvalue weighted by atomic mass is 35.5. The Morgan fingerprint density at radius 3 is 2.62 bits per heavy atom. The van der Waals surface area contributed by atoms with Gasteiger partial charge in [-0.1, -0.05) is 41.3 Å². The van der Waals surface area contributed by atoms with Gasteiger partial charge in [0.1, 0.15) is 11.5 Å². The van der Waals surface area contributed by atoms with Crippen LogP contribution in [-0.2, 0) is 0 Å². The van der Waals surface area contributed by atoms with E-state index in [9.17, 15) is 9.18 Å². The van der Waals surface area contributed by atoms with Gasteiger partial charge in [-0.3, -0.25) is 9.80 Å². The number of nitrogens with one attached hydrogen (secondary N) is 1. The van der Waals surface area contributed by atoms with Crippen molar-refractivity contribution in [3.8, 4) is 0 Å². The fourth-order valence-electron chi connectivity index (χ4n) is 5.13. The predicted molar refractivity (Wildman–Crippen MR) is 123 cm³/mol. The Morgan fingerprint density at radius 2 is 1.94 bits per heavy atom. The van der Waals surface area contributed by atoms with Crippen LogP contribution in [0, 0.1) is 5.82 Å². The number of fused-ring (bicyclic) bond motifs is 1. The molecule has 2 amide bonds. The average Bonchev–Trinajstić information content (AvgIpc) is 3.35. The molecular weight excluding hydrogens is 454 g/mol. The van der Waals surface area contributed by atoms with Gasteiger partial charge in [0, 0.05) is 30.5 Å². The van der Waals surface area contributed by atoms with Gasteiger partial charge in [0.2, 0.25) is 0 Å². The number of hydrogen-bond acceptors (Lipinski definition) is 4. The van der Waals surface area contributed by atoms with E-state index < -0.39 is 5.66 Å². The number of carbonyl (C=O) groups is 1. The highest BCUT2D eigenvalue weighted by Gasteiger charge is 2.51. The molecule has 0 aliphatic carbocycles. The van der Waals surface area contributed by atoms with Crippen LogP contribution in [0.5, 0.6) is 0 Å². The second-order valence-corrected chi connectivity index (χ2v) is 9.18. The number of aromatic nitrogens is 1. The fourth-order valence-corrected chi connectivity index (χ4v) is 5.70. The summed E-state index contributed by atoms with van der Waals surface area (Å²) < 4.78 is 18.9. The van der Waals surface area contributed by atoms with E-state index in [4.69, 9.17) is 27.7 Å². The molecule has 1 atom stereocenters. The van der Waals surface area contributed by atoms with E-state index >= 15 is 0 Å². The van der Waals surface area contributed by atoms with Crippen LogP contribution in [-0.4, -0.2) is 41.4 Å². The third-order valence-electron chi connectivity index (χ3n) is 6.80. The normalized spacial score (nSPS) is 22.6. The molecule has 32 heavy (non-hydrogen) atoms. The number of hydrogen-bond donors (Lipinski definition) is 1. The number of amides is 2. The minimum atomic E-state index is -0.564. The molecule has 2 saturated heterocycles. The van der Waals surface area contributed by atoms with Gasteiger partial charge in [0.05, 0.1) is 28.0 Å². The second kappa shape index (κ2) is 8.21. The molecule has 2 fully saturated rings. The summed E-state index contributed by atoms with van der Waals surface area (Å²) in [6, 6.07) is 9.61. The third-order valence-corrected chi connectivity index (χ3v) is 7.41. The standard InChI is InChI=1S/C23H23Cl2FN4O2/c1-2-23(13-27-22(31)30(23)21-17(24)4-3-5-18(21)25)29-10-8-14(9-11-29)20-16-7-6-15(26)12-19(16)32-28-20/h3-7,12,14H,2,8-11,13H2,1H3,(H,27,31). The minimum absolute atomic E-state index is 0.200. The van der Waals surface area contributed by atoms with E-state index in [1.54, 1.807) is 29.2 Å². The highest BCUT2D eigenvalue weighted by Crippen LogP contribution is 2.43. The largest absolute Gasteiger partial charge is 0.356 e. The van der Waals surface area contributed by atoms with Crippen molar-refractivity contribution in [2.24, 2.45) is 0 Å². The lowest BCUT2D eigenvalue weighted by Gasteiger charge is -2.48. The maximum atomic E-state index is 13.5. The van der Waals surface area contributed by atoms with Gasteiger partial charge in [-0.05, 0) is 43.5 Å². The zero-order valence-corrected chi connectivity index (χ0v) is 19.1. The van der Waals surface area contributed by atoms with Crippen LogP contribution in [0.3, 0.4) is 0 Å². The molecular formula is C23H23Cl2FN4O2. The Labute approximate surface area is 195 Å². The van der Waals surface area contributed by atoms with E-state index in [-0.39, 0.29) is 17.8 Å². The molecule has 0 radical (unpaired) electrons. The molecule has 1 aromatic heterocycles. The monoisotopic (exact) mass is 476 g/mol. The first-order valence-electron chi connectivity index (χ1n) is 10.8. The van der Waals surface area contributed by atoms with Crippen LogP contribution in [0.15, 0.2) is 40.9 Å². The first-order chi connectivity index (χ1) is 15.4. The van der Waals surface area contributed by atoms with Crippen LogP contribution in [0.4, 0.5) is 14.9 Å². The number of urea groups is 1. The predicted octanol–water partition coefficient (Wildman–Crippen LogP) is 5.79. The molecule has 1 N–H and O–H groups in total. The summed E-state index contributed by atoms with van der Waals surface area (Å²) in [5.41, 5.74) is 1.32. The number of rotatable bonds is 4. The van der Waals surface area contributed by atoms with Gasteiger partial charge >= 0.3 is 6.03 Å². The number of anilines is 1. The lowest BCUT2D eigenvalue weighted by atomic mass is 9.89. The lowest BCUT2D eigenvalue weighted by molar-refractivity contribution is 0.0731. The first kappa shape index (κ1) is 21.5. The molecule has 3 heterocycles. The molecule has 2 aromatic carbocycles. The third kappa shape index (κ3) is 3.34. The molecule has 2 aliphatic heterocycles. The van der Waals surface area contributed by atoms with Crippen molar-refractivity contribution in [2.75, 3.05) is 24.5 Å². The fraction of sp³-hybridized carbons (Fsp3) is 0.391. The van der Waals surface area contributed by atoms with Crippen LogP contribution in [0.25, 0.3) is 11.0 Å². The van der Waals surface area contributed by atoms with Crippen molar-refractivity contribution in [2.45, 2.75) is 37.8 Å². The quantitative estimate of drug-likeness (QED) is 0.517. The number of carbonyl (C=O) groups excluding carboxylic acids is 1. The Balaban J connectivity index is 1.42. The zero-order chi connectivity index (χ0) is 22.5. The van der Waals surface area contributed by atoms with Crippen LogP contribution < -0.4 is 10.2 Å². The molecule has 2 aliphatic rings. The summed E-state index contributed by atoms with van der Waals surface area (Å²) >= 11 is 13.0. The van der Waals surface area contributed by atoms with Crippen LogP contribution in [0.2, 0.25) is 10.0 Å². The highest BCUT2D eigenvalue weighted by molar-refractivity contribution is 6.40. The zero-order valence-electron chi connectivity index (χ0n) is 17.6. The van der Waals surface area contributed by atoms with E-state index in [2.05, 4.69) is 22.3 Å². The number of likely N-dealkylation sites (tertiary alicyclic amines) is 1. The molecule has 6 nitrogen and oxygen atoms in total. The number of benzene rings is 2. The first-order valence-corrected chi connectivity index (χ1v) is 11.5. The van der Waals surface area contributed by atoms with Crippen molar-refractivity contribution < 1.29 is 13.7 Å². The summed E-state index contributed by atoms with van der Waals surface area (Å²) in [6.45, 7) is 4.09. The number of halogens is 3. The van der Waals surface area contributed by atoms with Gasteiger partial charge in [-0.25, -0.2) is 9.18 Å². The maximum Gasteiger partial charge on any atom is 0.323 e. The van der Waals surface area contributed by atoms with Crippen molar-refractivity contribution in [3.63, 3.8) is 0 Å². The van der Waals surface area contributed by atoms with Gasteiger partial charge < -0.3 is 9.84 Å². The van der Waals surface area contributed by atoms with Crippen molar-refractivity contribution in [3.05, 3.63) is 58.0 Å². The SMILES string of the molecule is CCC1(N2CCC(c3noc4cc(F)ccc34)CC2)CNC(=O)N1c1c(Cl)cccc1Cl. The molecule has 168 valence electrons. The smallest absolute Gasteiger partial charge is 0.323 e. The Bertz CT molecular complexity index is 1160. The van der Waals surface area contributed by atoms with Gasteiger partial charge in [0.15, 0.2) is 5.58 Å². The summed E-state index contributed by atoms with van der Waals surface area (Å²) in [6.07, 6.45) is 2.40. The molecule has 5 rings (SSSR count). The van der Waals surface area contributed by atoms with Crippen molar-refractivity contribution in [1.29, 1.82) is 0 Å². The molecule has 0 saturated carbocycles. The number of nitrogens with zero attached hydrogens (tertiary/aromatic N) is 3. The summed E-state index contributed by atoms with van der Waals surface area (Å²) in [5, 5.41) is 9.00. The van der Waals surface area contributed by atoms with Crippen molar-refractivity contribution >= 4 is 45.9 Å². The molecule has 3 aromatic rings. The van der Waals surface area contributed by atoms with E-state index in [0.717, 1.165) is 37.0 Å². The van der Waals surface area contributed by atoms with Crippen LogP contribution >= 0.6 is 23.2 Å². The summed E-state index contributed by atoms with van der Waals surface area (Å²) in [4.78, 5) is 17.0. The molecule has 1 unspecified atom stereocenters. The number of para-hydroxylation sites is 1. The van der Waals surface area contributed by atoms with E-state index in [0.29, 0.717) is 34.3 Å². The van der Waals surface area contributed by atoms with Crippen LogP contribution in [0.1, 0.15) is 37.8 Å². The summed E-state index contributed by atoms with van der Waals surface area (Å²) in [5.74, 6) is -0.133. The Hall–Kier alpha value is -2.35. The average molecular weight is 477 g/mol. The number of piperidine rings is 1. The molecule has 0 spiro atoms. The van der Waals surface area contributed by atoms with E-state index in [1.165, 1.54) is 12.1 Å². The second-order valence-electron chi connectivity index (χ2n) is 8.37. The Kier molecular flexibility index (Phi) is 5.51. The van der Waals surface area contributed by atoms with Gasteiger partial charge in [-0.2, -0.15) is 0 Å². The maximum absolute atomic E-state index is 13.5. The molecule has 0 bridgehead atoms. The lowest BCUT2D eigenvalue weighted by Crippen LogP contribution is -2.61. The van der Waals surface area contributed by atoms with E-state index in [1.807, 2.05) is 0 Å². The molecule has 9 heteroatoms. The van der Waals surface area contributed by atoms with Gasteiger partial charge in [-0.15, -0.1) is 0 Å². The Morgan fingerprint density at radius 1 is 1.22 bits per heavy atom. The minimum Gasteiger partial charge on any atom is -0.356 e. The van der Waals surface area contributed by atoms with Gasteiger partial charge in [0.25, 0.3) is 0 Å². The van der Waals surface area contributed by atoms with Crippen molar-refractivity contribution in [1.82, 2.24) is 15.4 Å².